The monoisotopic (exact) mass is 369 g/mol. The average Bonchev–Trinajstić information content (AvgIpc) is 2.79. The molecule has 0 radical (unpaired) electrons. The molecule has 6 heteroatoms. The second-order valence-corrected chi connectivity index (χ2v) is 7.38. The summed E-state index contributed by atoms with van der Waals surface area (Å²) in [4.78, 5) is 0. The van der Waals surface area contributed by atoms with Gasteiger partial charge in [0.25, 0.3) is 0 Å². The highest BCUT2D eigenvalue weighted by molar-refractivity contribution is 9.10. The molecule has 0 aliphatic carbocycles. The molecule has 0 aromatic heterocycles. The standard InChI is InChI=1S/C15H20BrN3OS/c1-15(2)9-10-11(16)5-6-12(13(10)20-15)18-14(21)19-8-4-3-7-17-19/h5-6,17H,3-4,7-9H2,1-2H3,(H,18,21). The van der Waals surface area contributed by atoms with Gasteiger partial charge in [0.05, 0.1) is 5.69 Å². The molecule has 4 nitrogen and oxygen atoms in total. The van der Waals surface area contributed by atoms with Crippen molar-refractivity contribution in [2.75, 3.05) is 18.4 Å². The number of nitrogens with zero attached hydrogens (tertiary/aromatic N) is 1. The van der Waals surface area contributed by atoms with Crippen LogP contribution in [-0.4, -0.2) is 28.8 Å². The summed E-state index contributed by atoms with van der Waals surface area (Å²) < 4.78 is 7.20. The van der Waals surface area contributed by atoms with Gasteiger partial charge in [-0.15, -0.1) is 0 Å². The number of anilines is 1. The van der Waals surface area contributed by atoms with E-state index in [0.29, 0.717) is 5.11 Å². The van der Waals surface area contributed by atoms with E-state index in [1.165, 1.54) is 12.0 Å². The van der Waals surface area contributed by atoms with Crippen molar-refractivity contribution in [1.82, 2.24) is 10.4 Å². The van der Waals surface area contributed by atoms with E-state index >= 15 is 0 Å². The van der Waals surface area contributed by atoms with E-state index in [4.69, 9.17) is 17.0 Å². The van der Waals surface area contributed by atoms with Crippen LogP contribution in [0, 0.1) is 0 Å². The normalized spacial score (nSPS) is 19.9. The minimum atomic E-state index is -0.173. The Labute approximate surface area is 139 Å². The van der Waals surface area contributed by atoms with Crippen molar-refractivity contribution in [1.29, 1.82) is 0 Å². The minimum absolute atomic E-state index is 0.173. The highest BCUT2D eigenvalue weighted by Gasteiger charge is 2.33. The molecule has 1 saturated heterocycles. The Kier molecular flexibility index (Phi) is 4.12. The predicted molar refractivity (Wildman–Crippen MR) is 92.7 cm³/mol. The van der Waals surface area contributed by atoms with Gasteiger partial charge < -0.3 is 10.1 Å². The maximum atomic E-state index is 6.10. The van der Waals surface area contributed by atoms with Crippen molar-refractivity contribution in [3.05, 3.63) is 22.2 Å². The lowest BCUT2D eigenvalue weighted by molar-refractivity contribution is 0.139. The number of hydrazine groups is 1. The maximum Gasteiger partial charge on any atom is 0.188 e. The molecule has 2 heterocycles. The van der Waals surface area contributed by atoms with Crippen LogP contribution in [0.15, 0.2) is 16.6 Å². The summed E-state index contributed by atoms with van der Waals surface area (Å²) in [6.07, 6.45) is 3.26. The van der Waals surface area contributed by atoms with E-state index in [-0.39, 0.29) is 5.60 Å². The Morgan fingerprint density at radius 1 is 1.43 bits per heavy atom. The molecule has 2 aliphatic rings. The Morgan fingerprint density at radius 2 is 2.24 bits per heavy atom. The van der Waals surface area contributed by atoms with Crippen molar-refractivity contribution in [3.8, 4) is 5.75 Å². The summed E-state index contributed by atoms with van der Waals surface area (Å²) in [6, 6.07) is 4.07. The lowest BCUT2D eigenvalue weighted by atomic mass is 10.0. The van der Waals surface area contributed by atoms with Crippen LogP contribution in [0.3, 0.4) is 0 Å². The third-order valence-electron chi connectivity index (χ3n) is 3.78. The molecule has 1 aromatic carbocycles. The zero-order valence-corrected chi connectivity index (χ0v) is 14.7. The summed E-state index contributed by atoms with van der Waals surface area (Å²) in [5, 5.41) is 6.03. The largest absolute Gasteiger partial charge is 0.485 e. The molecule has 0 saturated carbocycles. The van der Waals surface area contributed by atoms with E-state index in [2.05, 4.69) is 46.6 Å². The number of thiocarbonyl (C=S) groups is 1. The SMILES string of the molecule is CC1(C)Cc2c(Br)ccc(NC(=S)N3CCCCN3)c2O1. The van der Waals surface area contributed by atoms with Gasteiger partial charge in [-0.1, -0.05) is 15.9 Å². The highest BCUT2D eigenvalue weighted by Crippen LogP contribution is 2.44. The Balaban J connectivity index is 1.81. The molecule has 2 N–H and O–H groups in total. The third-order valence-corrected chi connectivity index (χ3v) is 4.85. The van der Waals surface area contributed by atoms with Crippen LogP contribution >= 0.6 is 28.1 Å². The first kappa shape index (κ1) is 15.1. The maximum absolute atomic E-state index is 6.10. The second-order valence-electron chi connectivity index (χ2n) is 6.14. The van der Waals surface area contributed by atoms with Crippen LogP contribution < -0.4 is 15.5 Å². The number of rotatable bonds is 1. The van der Waals surface area contributed by atoms with Crippen LogP contribution in [0.25, 0.3) is 0 Å². The first-order valence-electron chi connectivity index (χ1n) is 7.29. The predicted octanol–water partition coefficient (Wildman–Crippen LogP) is 3.46. The molecular formula is C15H20BrN3OS. The molecule has 0 bridgehead atoms. The Morgan fingerprint density at radius 3 is 2.95 bits per heavy atom. The number of hydrogen-bond acceptors (Lipinski definition) is 3. The van der Waals surface area contributed by atoms with Gasteiger partial charge in [0.15, 0.2) is 5.11 Å². The fraction of sp³-hybridized carbons (Fsp3) is 0.533. The van der Waals surface area contributed by atoms with E-state index in [9.17, 15) is 0 Å². The van der Waals surface area contributed by atoms with Crippen molar-refractivity contribution in [3.63, 3.8) is 0 Å². The van der Waals surface area contributed by atoms with Crippen LogP contribution in [0.4, 0.5) is 5.69 Å². The molecule has 21 heavy (non-hydrogen) atoms. The molecule has 3 rings (SSSR count). The van der Waals surface area contributed by atoms with Crippen molar-refractivity contribution < 1.29 is 4.74 Å². The fourth-order valence-electron chi connectivity index (χ4n) is 2.77. The quantitative estimate of drug-likeness (QED) is 0.741. The Hall–Kier alpha value is -0.850. The van der Waals surface area contributed by atoms with Gasteiger partial charge in [0, 0.05) is 29.5 Å². The minimum Gasteiger partial charge on any atom is -0.485 e. The zero-order valence-electron chi connectivity index (χ0n) is 12.3. The lowest BCUT2D eigenvalue weighted by Crippen LogP contribution is -2.48. The molecular weight excluding hydrogens is 350 g/mol. The number of benzene rings is 1. The topological polar surface area (TPSA) is 36.5 Å². The van der Waals surface area contributed by atoms with E-state index in [1.54, 1.807) is 0 Å². The van der Waals surface area contributed by atoms with Gasteiger partial charge in [0.1, 0.15) is 11.4 Å². The molecule has 2 aliphatic heterocycles. The average molecular weight is 370 g/mol. The molecule has 0 atom stereocenters. The van der Waals surface area contributed by atoms with E-state index in [1.807, 2.05) is 11.1 Å². The lowest BCUT2D eigenvalue weighted by Gasteiger charge is -2.30. The second kappa shape index (κ2) is 5.74. The number of fused-ring (bicyclic) bond motifs is 1. The first-order chi connectivity index (χ1) is 9.96. The molecule has 114 valence electrons. The molecule has 1 fully saturated rings. The number of nitrogens with one attached hydrogen (secondary N) is 2. The summed E-state index contributed by atoms with van der Waals surface area (Å²) >= 11 is 9.11. The fourth-order valence-corrected chi connectivity index (χ4v) is 3.48. The van der Waals surface area contributed by atoms with Crippen LogP contribution in [0.5, 0.6) is 5.75 Å². The third kappa shape index (κ3) is 3.17. The van der Waals surface area contributed by atoms with Crippen LogP contribution in [0.1, 0.15) is 32.3 Å². The van der Waals surface area contributed by atoms with Gasteiger partial charge in [0.2, 0.25) is 0 Å². The molecule has 0 spiro atoms. The number of ether oxygens (including phenoxy) is 1. The number of halogens is 1. The highest BCUT2D eigenvalue weighted by atomic mass is 79.9. The van der Waals surface area contributed by atoms with Crippen LogP contribution in [-0.2, 0) is 6.42 Å². The molecule has 0 amide bonds. The van der Waals surface area contributed by atoms with Gasteiger partial charge in [-0.25, -0.2) is 5.43 Å². The number of hydrogen-bond donors (Lipinski definition) is 2. The van der Waals surface area contributed by atoms with E-state index in [0.717, 1.165) is 41.8 Å². The zero-order chi connectivity index (χ0) is 15.0. The summed E-state index contributed by atoms with van der Waals surface area (Å²) in [7, 11) is 0. The molecule has 0 unspecified atom stereocenters. The van der Waals surface area contributed by atoms with Crippen molar-refractivity contribution in [2.45, 2.75) is 38.7 Å². The van der Waals surface area contributed by atoms with E-state index < -0.39 is 0 Å². The first-order valence-corrected chi connectivity index (χ1v) is 8.49. The van der Waals surface area contributed by atoms with Gasteiger partial charge >= 0.3 is 0 Å². The molecule has 1 aromatic rings. The summed E-state index contributed by atoms with van der Waals surface area (Å²) in [6.45, 7) is 6.13. The van der Waals surface area contributed by atoms with Crippen LogP contribution in [0.2, 0.25) is 0 Å². The van der Waals surface area contributed by atoms with Gasteiger partial charge in [-0.3, -0.25) is 5.01 Å². The van der Waals surface area contributed by atoms with Gasteiger partial charge in [-0.2, -0.15) is 0 Å². The van der Waals surface area contributed by atoms with Gasteiger partial charge in [-0.05, 0) is 51.0 Å². The van der Waals surface area contributed by atoms with Crippen molar-refractivity contribution in [2.24, 2.45) is 0 Å². The summed E-state index contributed by atoms with van der Waals surface area (Å²) in [5.41, 5.74) is 5.29. The van der Waals surface area contributed by atoms with Crippen molar-refractivity contribution >= 4 is 38.9 Å². The summed E-state index contributed by atoms with van der Waals surface area (Å²) in [5.74, 6) is 0.911. The Bertz CT molecular complexity index is 570. The smallest absolute Gasteiger partial charge is 0.188 e.